The van der Waals surface area contributed by atoms with Gasteiger partial charge in [-0.15, -0.1) is 5.98 Å². The number of Topliss-reactive ketones (excluding diaryl/α,β-unsaturated/α-hetero) is 1. The summed E-state index contributed by atoms with van der Waals surface area (Å²) in [7, 11) is 0. The highest BCUT2D eigenvalue weighted by atomic mass is 16.5. The van der Waals surface area contributed by atoms with Gasteiger partial charge in [0.1, 0.15) is 12.4 Å². The van der Waals surface area contributed by atoms with Gasteiger partial charge in [-0.2, -0.15) is 0 Å². The topological polar surface area (TPSA) is 38.7 Å². The number of hydrogen-bond donors (Lipinski definition) is 0. The molecule has 0 N–H and O–H groups in total. The maximum atomic E-state index is 11.7. The van der Waals surface area contributed by atoms with Crippen LogP contribution in [0.1, 0.15) is 29.8 Å². The highest BCUT2D eigenvalue weighted by Gasteiger charge is 2.22. The second-order valence-electron chi connectivity index (χ2n) is 5.45. The Morgan fingerprint density at radius 1 is 1.32 bits per heavy atom. The Morgan fingerprint density at radius 3 is 2.91 bits per heavy atom. The van der Waals surface area contributed by atoms with E-state index in [1.165, 1.54) is 0 Å². The van der Waals surface area contributed by atoms with Gasteiger partial charge in [0, 0.05) is 16.7 Å². The molecule has 110 valence electrons. The number of ether oxygens (including phenoxy) is 1. The first-order valence-electron chi connectivity index (χ1n) is 7.59. The van der Waals surface area contributed by atoms with E-state index in [4.69, 9.17) is 4.74 Å². The third-order valence-electron chi connectivity index (χ3n) is 3.92. The van der Waals surface area contributed by atoms with Crippen molar-refractivity contribution in [3.8, 4) is 5.75 Å². The lowest BCUT2D eigenvalue weighted by molar-refractivity contribution is 0.101. The minimum Gasteiger partial charge on any atom is -0.487 e. The van der Waals surface area contributed by atoms with E-state index in [1.807, 2.05) is 43.4 Å². The maximum absolute atomic E-state index is 11.7. The van der Waals surface area contributed by atoms with Crippen LogP contribution in [0.4, 0.5) is 0 Å². The number of carbonyl (C=O) groups excluding carboxylic acids is 1. The molecule has 1 aromatic rings. The van der Waals surface area contributed by atoms with Crippen LogP contribution in [0.15, 0.2) is 59.1 Å². The van der Waals surface area contributed by atoms with Crippen LogP contribution in [0.5, 0.6) is 5.75 Å². The van der Waals surface area contributed by atoms with E-state index in [0.29, 0.717) is 6.61 Å². The lowest BCUT2D eigenvalue weighted by Crippen LogP contribution is -2.17. The Kier molecular flexibility index (Phi) is 4.10. The minimum absolute atomic E-state index is 0.0731. The fourth-order valence-corrected chi connectivity index (χ4v) is 2.84. The van der Waals surface area contributed by atoms with E-state index in [1.54, 1.807) is 6.92 Å². The smallest absolute Gasteiger partial charge is 0.252 e. The van der Waals surface area contributed by atoms with Crippen molar-refractivity contribution in [1.82, 2.24) is 0 Å². The summed E-state index contributed by atoms with van der Waals surface area (Å²) >= 11 is 0. The largest absolute Gasteiger partial charge is 0.487 e. The van der Waals surface area contributed by atoms with Crippen LogP contribution >= 0.6 is 0 Å². The van der Waals surface area contributed by atoms with Crippen LogP contribution in [0.2, 0.25) is 0 Å². The zero-order valence-corrected chi connectivity index (χ0v) is 12.9. The summed E-state index contributed by atoms with van der Waals surface area (Å²) in [6, 6.07) is 5.64. The molecule has 0 bridgehead atoms. The quantitative estimate of drug-likeness (QED) is 0.616. The van der Waals surface area contributed by atoms with Crippen molar-refractivity contribution in [2.75, 3.05) is 6.61 Å². The lowest BCUT2D eigenvalue weighted by Gasteiger charge is -2.13. The number of ketones is 1. The Hall–Kier alpha value is -2.36. The molecule has 0 atom stereocenters. The van der Waals surface area contributed by atoms with Crippen molar-refractivity contribution in [3.63, 3.8) is 0 Å². The van der Waals surface area contributed by atoms with Gasteiger partial charge in [-0.1, -0.05) is 37.2 Å². The van der Waals surface area contributed by atoms with Crippen molar-refractivity contribution >= 4 is 18.1 Å². The Bertz CT molecular complexity index is 729. The maximum Gasteiger partial charge on any atom is 0.252 e. The summed E-state index contributed by atoms with van der Waals surface area (Å²) in [5, 5.41) is 0. The van der Waals surface area contributed by atoms with Gasteiger partial charge < -0.3 is 4.74 Å². The van der Waals surface area contributed by atoms with Gasteiger partial charge in [-0.25, -0.2) is 0 Å². The Labute approximate surface area is 131 Å². The molecule has 0 spiro atoms. The molecule has 2 heterocycles. The molecule has 0 aliphatic carbocycles. The predicted octanol–water partition coefficient (Wildman–Crippen LogP) is 3.41. The molecule has 1 aromatic carbocycles. The van der Waals surface area contributed by atoms with Gasteiger partial charge in [0.25, 0.3) is 6.71 Å². The molecule has 0 fully saturated rings. The fraction of sp³-hybridized carbons (Fsp3) is 0.222. The molecule has 0 saturated carbocycles. The molecule has 4 heteroatoms. The number of hydrogen-bond acceptors (Lipinski definition) is 3. The SMILES string of the molecule is CCc1c(OCC2=CB3C=CC=CC3=N2)cccc1C(C)=O. The molecule has 0 amide bonds. The van der Waals surface area contributed by atoms with Gasteiger partial charge in [-0.05, 0) is 25.5 Å². The van der Waals surface area contributed by atoms with E-state index in [9.17, 15) is 4.79 Å². The van der Waals surface area contributed by atoms with Gasteiger partial charge in [0.2, 0.25) is 0 Å². The van der Waals surface area contributed by atoms with E-state index in [-0.39, 0.29) is 12.5 Å². The normalized spacial score (nSPS) is 15.5. The minimum atomic E-state index is 0.0731. The molecule has 3 rings (SSSR count). The molecule has 0 unspecified atom stereocenters. The molecular formula is C18H18BNO2. The van der Waals surface area contributed by atoms with Crippen LogP contribution in [-0.4, -0.2) is 24.7 Å². The average molecular weight is 291 g/mol. The Morgan fingerprint density at radius 2 is 2.18 bits per heavy atom. The first kappa shape index (κ1) is 14.6. The molecule has 0 radical (unpaired) electrons. The highest BCUT2D eigenvalue weighted by molar-refractivity contribution is 7.01. The van der Waals surface area contributed by atoms with Crippen LogP contribution in [0, 0.1) is 0 Å². The zero-order valence-electron chi connectivity index (χ0n) is 12.9. The number of rotatable bonds is 5. The van der Waals surface area contributed by atoms with Gasteiger partial charge in [-0.3, -0.25) is 9.79 Å². The third kappa shape index (κ3) is 2.82. The number of benzene rings is 1. The summed E-state index contributed by atoms with van der Waals surface area (Å²) in [6.45, 7) is 4.33. The lowest BCUT2D eigenvalue weighted by atomic mass is 9.46. The zero-order chi connectivity index (χ0) is 15.5. The first-order valence-corrected chi connectivity index (χ1v) is 7.59. The standard InChI is InChI=1S/C18H18BNO2/c1-3-15-16(13(2)21)7-6-8-17(15)22-12-14-11-19-10-5-4-9-18(19)20-14/h4-11H,3,12H2,1-2H3. The molecule has 0 saturated heterocycles. The summed E-state index contributed by atoms with van der Waals surface area (Å²) < 4.78 is 5.93. The third-order valence-corrected chi connectivity index (χ3v) is 3.92. The fourth-order valence-electron chi connectivity index (χ4n) is 2.84. The van der Waals surface area contributed by atoms with Crippen molar-refractivity contribution in [3.05, 3.63) is 65.2 Å². The van der Waals surface area contributed by atoms with Crippen LogP contribution in [0.3, 0.4) is 0 Å². The van der Waals surface area contributed by atoms with E-state index >= 15 is 0 Å². The number of allylic oxidation sites excluding steroid dienone is 3. The van der Waals surface area contributed by atoms with E-state index in [0.717, 1.165) is 34.6 Å². The molecule has 2 aliphatic heterocycles. The molecule has 2 aliphatic rings. The van der Waals surface area contributed by atoms with Crippen LogP contribution in [0.25, 0.3) is 0 Å². The summed E-state index contributed by atoms with van der Waals surface area (Å²) in [5.41, 5.74) is 3.71. The van der Waals surface area contributed by atoms with Gasteiger partial charge in [0.15, 0.2) is 5.78 Å². The van der Waals surface area contributed by atoms with Gasteiger partial charge in [0.05, 0.1) is 5.70 Å². The van der Waals surface area contributed by atoms with E-state index < -0.39 is 0 Å². The second-order valence-corrected chi connectivity index (χ2v) is 5.45. The monoisotopic (exact) mass is 291 g/mol. The summed E-state index contributed by atoms with van der Waals surface area (Å²) in [5.74, 6) is 5.09. The van der Waals surface area contributed by atoms with Crippen molar-refractivity contribution in [1.29, 1.82) is 0 Å². The van der Waals surface area contributed by atoms with Crippen molar-refractivity contribution in [2.45, 2.75) is 20.3 Å². The number of carbonyl (C=O) groups is 1. The second kappa shape index (κ2) is 6.18. The van der Waals surface area contributed by atoms with Crippen LogP contribution in [-0.2, 0) is 6.42 Å². The first-order chi connectivity index (χ1) is 10.7. The van der Waals surface area contributed by atoms with E-state index in [2.05, 4.69) is 16.9 Å². The molecular weight excluding hydrogens is 273 g/mol. The predicted molar refractivity (Wildman–Crippen MR) is 90.9 cm³/mol. The number of nitrogens with zero attached hydrogens (tertiary/aromatic N) is 1. The highest BCUT2D eigenvalue weighted by Crippen LogP contribution is 2.25. The molecule has 22 heavy (non-hydrogen) atoms. The van der Waals surface area contributed by atoms with Crippen molar-refractivity contribution in [2.24, 2.45) is 4.99 Å². The summed E-state index contributed by atoms with van der Waals surface area (Å²) in [6.07, 6.45) is 6.84. The van der Waals surface area contributed by atoms with Crippen molar-refractivity contribution < 1.29 is 9.53 Å². The number of fused-ring (bicyclic) bond motifs is 1. The Balaban J connectivity index is 1.76. The molecule has 0 aromatic heterocycles. The average Bonchev–Trinajstić information content (AvgIpc) is 2.95. The van der Waals surface area contributed by atoms with Gasteiger partial charge >= 0.3 is 0 Å². The summed E-state index contributed by atoms with van der Waals surface area (Å²) in [4.78, 5) is 16.3. The number of aliphatic imine (C=N–C) groups is 1. The van der Waals surface area contributed by atoms with Crippen LogP contribution < -0.4 is 4.74 Å². The molecule has 3 nitrogen and oxygen atoms in total.